The monoisotopic (exact) mass is 190 g/mol. The van der Waals surface area contributed by atoms with E-state index in [1.807, 2.05) is 7.05 Å². The molecule has 80 valence electrons. The van der Waals surface area contributed by atoms with E-state index in [-0.39, 0.29) is 13.2 Å². The quantitative estimate of drug-likeness (QED) is 0.527. The van der Waals surface area contributed by atoms with Gasteiger partial charge in [0.15, 0.2) is 0 Å². The summed E-state index contributed by atoms with van der Waals surface area (Å²) >= 11 is 0. The average molecular weight is 190 g/mol. The maximum absolute atomic E-state index is 8.74. The molecule has 0 aliphatic heterocycles. The fourth-order valence-electron chi connectivity index (χ4n) is 1.16. The number of likely N-dealkylation sites (N-methyl/N-ethyl adjacent to an activating group) is 2. The minimum absolute atomic E-state index is 0.211. The van der Waals surface area contributed by atoms with Crippen molar-refractivity contribution in [3.05, 3.63) is 0 Å². The summed E-state index contributed by atoms with van der Waals surface area (Å²) in [6, 6.07) is 0. The second-order valence-corrected chi connectivity index (χ2v) is 3.18. The minimum atomic E-state index is 0.211. The van der Waals surface area contributed by atoms with Crippen molar-refractivity contribution < 1.29 is 10.2 Å². The third kappa shape index (κ3) is 6.95. The van der Waals surface area contributed by atoms with Crippen molar-refractivity contribution in [3.8, 4) is 0 Å². The van der Waals surface area contributed by atoms with Crippen LogP contribution < -0.4 is 0 Å². The number of aliphatic hydroxyl groups excluding tert-OH is 2. The maximum atomic E-state index is 8.74. The van der Waals surface area contributed by atoms with Gasteiger partial charge in [0, 0.05) is 26.2 Å². The van der Waals surface area contributed by atoms with Crippen LogP contribution in [0.15, 0.2) is 0 Å². The number of rotatable bonds is 8. The predicted molar refractivity (Wildman–Crippen MR) is 53.8 cm³/mol. The third-order valence-electron chi connectivity index (χ3n) is 2.14. The highest BCUT2D eigenvalue weighted by molar-refractivity contribution is 4.58. The first-order valence-electron chi connectivity index (χ1n) is 4.87. The summed E-state index contributed by atoms with van der Waals surface area (Å²) in [5.74, 6) is 0. The second-order valence-electron chi connectivity index (χ2n) is 3.18. The molecule has 2 N–H and O–H groups in total. The highest BCUT2D eigenvalue weighted by Gasteiger charge is 2.02. The summed E-state index contributed by atoms with van der Waals surface area (Å²) in [4.78, 5) is 4.27. The lowest BCUT2D eigenvalue weighted by molar-refractivity contribution is 0.169. The zero-order valence-electron chi connectivity index (χ0n) is 8.74. The molecule has 0 saturated carbocycles. The van der Waals surface area contributed by atoms with Crippen molar-refractivity contribution in [2.24, 2.45) is 0 Å². The van der Waals surface area contributed by atoms with Crippen molar-refractivity contribution in [2.75, 3.05) is 53.0 Å². The first-order chi connectivity index (χ1) is 6.24. The molecule has 0 bridgehead atoms. The standard InChI is InChI=1S/C9H22N2O2/c1-3-11(7-9-13)5-4-10(2)6-8-12/h12-13H,3-9H2,1-2H3. The lowest BCUT2D eigenvalue weighted by atomic mass is 10.4. The summed E-state index contributed by atoms with van der Waals surface area (Å²) in [6.45, 7) is 6.83. The zero-order valence-corrected chi connectivity index (χ0v) is 8.74. The molecule has 0 radical (unpaired) electrons. The molecule has 0 spiro atoms. The van der Waals surface area contributed by atoms with Crippen LogP contribution in [0.3, 0.4) is 0 Å². The SMILES string of the molecule is CCN(CCO)CCN(C)CCO. The van der Waals surface area contributed by atoms with Gasteiger partial charge in [0.25, 0.3) is 0 Å². The van der Waals surface area contributed by atoms with Gasteiger partial charge in [0.05, 0.1) is 13.2 Å². The Labute approximate surface area is 80.8 Å². The van der Waals surface area contributed by atoms with Gasteiger partial charge in [-0.2, -0.15) is 0 Å². The van der Waals surface area contributed by atoms with Crippen LogP contribution >= 0.6 is 0 Å². The Bertz CT molecular complexity index is 112. The molecule has 4 nitrogen and oxygen atoms in total. The molecule has 0 unspecified atom stereocenters. The number of hydrogen-bond donors (Lipinski definition) is 2. The summed E-state index contributed by atoms with van der Waals surface area (Å²) in [5.41, 5.74) is 0. The summed E-state index contributed by atoms with van der Waals surface area (Å²) < 4.78 is 0. The van der Waals surface area contributed by atoms with Crippen LogP contribution in [0.2, 0.25) is 0 Å². The largest absolute Gasteiger partial charge is 0.395 e. The summed E-state index contributed by atoms with van der Waals surface area (Å²) in [5, 5.41) is 17.4. The van der Waals surface area contributed by atoms with Crippen LogP contribution in [-0.2, 0) is 0 Å². The molecule has 0 aromatic heterocycles. The topological polar surface area (TPSA) is 46.9 Å². The molecule has 0 heterocycles. The first kappa shape index (κ1) is 12.8. The molecule has 0 rings (SSSR count). The van der Waals surface area contributed by atoms with Crippen molar-refractivity contribution in [1.29, 1.82) is 0 Å². The molecular weight excluding hydrogens is 168 g/mol. The zero-order chi connectivity index (χ0) is 10.1. The molecular formula is C9H22N2O2. The molecule has 13 heavy (non-hydrogen) atoms. The van der Waals surface area contributed by atoms with Gasteiger partial charge in [-0.3, -0.25) is 0 Å². The van der Waals surface area contributed by atoms with Gasteiger partial charge >= 0.3 is 0 Å². The molecule has 0 aromatic carbocycles. The van der Waals surface area contributed by atoms with E-state index in [1.54, 1.807) is 0 Å². The van der Waals surface area contributed by atoms with Gasteiger partial charge in [-0.25, -0.2) is 0 Å². The Balaban J connectivity index is 3.46. The van der Waals surface area contributed by atoms with E-state index >= 15 is 0 Å². The Morgan fingerprint density at radius 2 is 1.54 bits per heavy atom. The van der Waals surface area contributed by atoms with Gasteiger partial charge < -0.3 is 20.0 Å². The third-order valence-corrected chi connectivity index (χ3v) is 2.14. The molecule has 0 atom stereocenters. The van der Waals surface area contributed by atoms with Crippen molar-refractivity contribution in [3.63, 3.8) is 0 Å². The fraction of sp³-hybridized carbons (Fsp3) is 1.00. The molecule has 0 aromatic rings. The average Bonchev–Trinajstić information content (AvgIpc) is 2.12. The Kier molecular flexibility index (Phi) is 8.33. The van der Waals surface area contributed by atoms with Crippen LogP contribution in [0.5, 0.6) is 0 Å². The van der Waals surface area contributed by atoms with E-state index < -0.39 is 0 Å². The van der Waals surface area contributed by atoms with E-state index in [9.17, 15) is 0 Å². The highest BCUT2D eigenvalue weighted by Crippen LogP contribution is 1.88. The van der Waals surface area contributed by atoms with Gasteiger partial charge in [0.2, 0.25) is 0 Å². The van der Waals surface area contributed by atoms with Gasteiger partial charge in [-0.1, -0.05) is 6.92 Å². The Hall–Kier alpha value is -0.160. The number of nitrogens with zero attached hydrogens (tertiary/aromatic N) is 2. The molecule has 0 aliphatic rings. The smallest absolute Gasteiger partial charge is 0.0558 e. The van der Waals surface area contributed by atoms with Crippen LogP contribution in [0, 0.1) is 0 Å². The van der Waals surface area contributed by atoms with Crippen molar-refractivity contribution in [2.45, 2.75) is 6.92 Å². The highest BCUT2D eigenvalue weighted by atomic mass is 16.3. The van der Waals surface area contributed by atoms with Crippen LogP contribution in [0.4, 0.5) is 0 Å². The summed E-state index contributed by atoms with van der Waals surface area (Å²) in [6.07, 6.45) is 0. The molecule has 4 heteroatoms. The van der Waals surface area contributed by atoms with Crippen LogP contribution in [0.25, 0.3) is 0 Å². The normalized spacial score (nSPS) is 11.5. The van der Waals surface area contributed by atoms with Crippen molar-refractivity contribution >= 4 is 0 Å². The van der Waals surface area contributed by atoms with E-state index in [4.69, 9.17) is 10.2 Å². The predicted octanol–water partition coefficient (Wildman–Crippen LogP) is -0.775. The molecule has 0 saturated heterocycles. The molecule has 0 amide bonds. The van der Waals surface area contributed by atoms with Crippen molar-refractivity contribution in [1.82, 2.24) is 9.80 Å². The lowest BCUT2D eigenvalue weighted by Gasteiger charge is -2.22. The molecule has 0 aliphatic carbocycles. The molecule has 0 fully saturated rings. The maximum Gasteiger partial charge on any atom is 0.0558 e. The Morgan fingerprint density at radius 1 is 0.923 bits per heavy atom. The second kappa shape index (κ2) is 8.44. The minimum Gasteiger partial charge on any atom is -0.395 e. The van der Waals surface area contributed by atoms with Gasteiger partial charge in [-0.05, 0) is 13.6 Å². The van der Waals surface area contributed by atoms with E-state index in [0.29, 0.717) is 0 Å². The number of aliphatic hydroxyl groups is 2. The van der Waals surface area contributed by atoms with E-state index in [2.05, 4.69) is 16.7 Å². The fourth-order valence-corrected chi connectivity index (χ4v) is 1.16. The van der Waals surface area contributed by atoms with E-state index in [1.165, 1.54) is 0 Å². The van der Waals surface area contributed by atoms with Crippen LogP contribution in [-0.4, -0.2) is 73.0 Å². The summed E-state index contributed by atoms with van der Waals surface area (Å²) in [7, 11) is 1.99. The Morgan fingerprint density at radius 3 is 2.00 bits per heavy atom. The first-order valence-corrected chi connectivity index (χ1v) is 4.87. The lowest BCUT2D eigenvalue weighted by Crippen LogP contribution is -2.35. The number of hydrogen-bond acceptors (Lipinski definition) is 4. The van der Waals surface area contributed by atoms with Crippen LogP contribution in [0.1, 0.15) is 6.92 Å². The van der Waals surface area contributed by atoms with Gasteiger partial charge in [-0.15, -0.1) is 0 Å². The van der Waals surface area contributed by atoms with E-state index in [0.717, 1.165) is 32.7 Å². The van der Waals surface area contributed by atoms with Gasteiger partial charge in [0.1, 0.15) is 0 Å².